The lowest BCUT2D eigenvalue weighted by atomic mass is 10.1. The number of ether oxygens (including phenoxy) is 2. The number of halogens is 1. The lowest BCUT2D eigenvalue weighted by molar-refractivity contribution is 0.395. The first kappa shape index (κ1) is 12.8. The van der Waals surface area contributed by atoms with Crippen molar-refractivity contribution in [1.29, 1.82) is 0 Å². The molecule has 1 aromatic heterocycles. The Morgan fingerprint density at radius 2 is 1.83 bits per heavy atom. The van der Waals surface area contributed by atoms with Crippen molar-refractivity contribution in [1.82, 2.24) is 9.97 Å². The molecule has 0 aliphatic heterocycles. The summed E-state index contributed by atoms with van der Waals surface area (Å²) < 4.78 is 11.1. The second-order valence-corrected chi connectivity index (χ2v) is 4.44. The molecule has 0 spiro atoms. The number of nitrogens with zero attached hydrogens (tertiary/aromatic N) is 2. The van der Waals surface area contributed by atoms with E-state index in [4.69, 9.17) is 9.47 Å². The molecular weight excluding hydrogens is 296 g/mol. The van der Waals surface area contributed by atoms with Crippen molar-refractivity contribution in [3.63, 3.8) is 0 Å². The molecule has 0 bridgehead atoms. The summed E-state index contributed by atoms with van der Waals surface area (Å²) >= 11 is 3.30. The lowest BCUT2D eigenvalue weighted by Gasteiger charge is -2.10. The Hall–Kier alpha value is -1.62. The van der Waals surface area contributed by atoms with Gasteiger partial charge < -0.3 is 9.47 Å². The molecular formula is C13H13BrN2O2. The Kier molecular flexibility index (Phi) is 3.81. The Morgan fingerprint density at radius 3 is 2.44 bits per heavy atom. The van der Waals surface area contributed by atoms with Crippen LogP contribution in [0.3, 0.4) is 0 Å². The van der Waals surface area contributed by atoms with Crippen LogP contribution in [0.4, 0.5) is 0 Å². The highest BCUT2D eigenvalue weighted by Gasteiger charge is 2.10. The van der Waals surface area contributed by atoms with Crippen LogP contribution in [0, 0.1) is 6.92 Å². The maximum atomic E-state index is 5.37. The van der Waals surface area contributed by atoms with Crippen LogP contribution in [0.2, 0.25) is 0 Å². The number of aryl methyl sites for hydroxylation is 1. The van der Waals surface area contributed by atoms with Crippen molar-refractivity contribution >= 4 is 15.9 Å². The van der Waals surface area contributed by atoms with Crippen molar-refractivity contribution in [3.05, 3.63) is 34.7 Å². The van der Waals surface area contributed by atoms with Gasteiger partial charge in [-0.2, -0.15) is 0 Å². The zero-order chi connectivity index (χ0) is 13.1. The SMILES string of the molecule is COc1ccc(-c2cc(C)nc(Br)n2)c(OC)c1. The van der Waals surface area contributed by atoms with E-state index in [2.05, 4.69) is 25.9 Å². The smallest absolute Gasteiger partial charge is 0.197 e. The Morgan fingerprint density at radius 1 is 1.06 bits per heavy atom. The highest BCUT2D eigenvalue weighted by atomic mass is 79.9. The van der Waals surface area contributed by atoms with E-state index in [9.17, 15) is 0 Å². The maximum absolute atomic E-state index is 5.37. The summed E-state index contributed by atoms with van der Waals surface area (Å²) in [5.41, 5.74) is 2.61. The fraction of sp³-hybridized carbons (Fsp3) is 0.231. The maximum Gasteiger partial charge on any atom is 0.197 e. The number of rotatable bonds is 3. The molecule has 0 fully saturated rings. The first-order valence-electron chi connectivity index (χ1n) is 5.37. The summed E-state index contributed by atoms with van der Waals surface area (Å²) in [6.07, 6.45) is 0. The topological polar surface area (TPSA) is 44.2 Å². The molecule has 2 aromatic rings. The Bertz CT molecular complexity index is 553. The van der Waals surface area contributed by atoms with Crippen LogP contribution < -0.4 is 9.47 Å². The minimum Gasteiger partial charge on any atom is -0.497 e. The first-order valence-corrected chi connectivity index (χ1v) is 6.17. The summed E-state index contributed by atoms with van der Waals surface area (Å²) in [4.78, 5) is 8.54. The van der Waals surface area contributed by atoms with Crippen molar-refractivity contribution in [2.24, 2.45) is 0 Å². The van der Waals surface area contributed by atoms with Gasteiger partial charge in [0, 0.05) is 17.3 Å². The predicted octanol–water partition coefficient (Wildman–Crippen LogP) is 3.23. The molecule has 2 rings (SSSR count). The van der Waals surface area contributed by atoms with Gasteiger partial charge >= 0.3 is 0 Å². The normalized spacial score (nSPS) is 10.2. The number of methoxy groups -OCH3 is 2. The summed E-state index contributed by atoms with van der Waals surface area (Å²) in [6.45, 7) is 1.92. The fourth-order valence-corrected chi connectivity index (χ4v) is 2.15. The van der Waals surface area contributed by atoms with Crippen LogP contribution in [-0.2, 0) is 0 Å². The largest absolute Gasteiger partial charge is 0.497 e. The van der Waals surface area contributed by atoms with Gasteiger partial charge in [0.15, 0.2) is 4.73 Å². The second kappa shape index (κ2) is 5.35. The third-order valence-electron chi connectivity index (χ3n) is 2.51. The third kappa shape index (κ3) is 2.61. The molecule has 0 saturated carbocycles. The number of aromatic nitrogens is 2. The van der Waals surface area contributed by atoms with E-state index in [-0.39, 0.29) is 0 Å². The summed E-state index contributed by atoms with van der Waals surface area (Å²) in [6, 6.07) is 7.55. The van der Waals surface area contributed by atoms with Gasteiger partial charge in [0.05, 0.1) is 19.9 Å². The van der Waals surface area contributed by atoms with E-state index in [1.807, 2.05) is 31.2 Å². The van der Waals surface area contributed by atoms with Crippen LogP contribution in [0.15, 0.2) is 29.0 Å². The third-order valence-corrected chi connectivity index (χ3v) is 2.87. The van der Waals surface area contributed by atoms with Gasteiger partial charge in [-0.25, -0.2) is 9.97 Å². The standard InChI is InChI=1S/C13H13BrN2O2/c1-8-6-11(16-13(14)15-8)10-5-4-9(17-2)7-12(10)18-3/h4-7H,1-3H3. The zero-order valence-electron chi connectivity index (χ0n) is 10.4. The van der Waals surface area contributed by atoms with Gasteiger partial charge in [-0.1, -0.05) is 0 Å². The van der Waals surface area contributed by atoms with E-state index in [1.165, 1.54) is 0 Å². The van der Waals surface area contributed by atoms with Crippen molar-refractivity contribution in [2.45, 2.75) is 6.92 Å². The monoisotopic (exact) mass is 308 g/mol. The minimum atomic E-state index is 0.565. The van der Waals surface area contributed by atoms with E-state index in [0.717, 1.165) is 28.5 Å². The molecule has 0 unspecified atom stereocenters. The number of hydrogen-bond acceptors (Lipinski definition) is 4. The molecule has 0 aliphatic rings. The van der Waals surface area contributed by atoms with Crippen molar-refractivity contribution < 1.29 is 9.47 Å². The minimum absolute atomic E-state index is 0.565. The summed E-state index contributed by atoms with van der Waals surface area (Å²) in [7, 11) is 3.25. The van der Waals surface area contributed by atoms with E-state index in [0.29, 0.717) is 4.73 Å². The van der Waals surface area contributed by atoms with Gasteiger partial charge in [-0.3, -0.25) is 0 Å². The molecule has 0 atom stereocenters. The van der Waals surface area contributed by atoms with Crippen LogP contribution in [-0.4, -0.2) is 24.2 Å². The van der Waals surface area contributed by atoms with Crippen molar-refractivity contribution in [3.8, 4) is 22.8 Å². The molecule has 5 heteroatoms. The highest BCUT2D eigenvalue weighted by Crippen LogP contribution is 2.32. The Labute approximate surface area is 114 Å². The van der Waals surface area contributed by atoms with Crippen LogP contribution >= 0.6 is 15.9 Å². The van der Waals surface area contributed by atoms with E-state index in [1.54, 1.807) is 14.2 Å². The molecule has 0 radical (unpaired) electrons. The molecule has 4 nitrogen and oxygen atoms in total. The van der Waals surface area contributed by atoms with E-state index >= 15 is 0 Å². The van der Waals surface area contributed by atoms with Gasteiger partial charge in [0.25, 0.3) is 0 Å². The zero-order valence-corrected chi connectivity index (χ0v) is 12.0. The molecule has 0 saturated heterocycles. The molecule has 94 valence electrons. The van der Waals surface area contributed by atoms with Gasteiger partial charge in [-0.05, 0) is 41.1 Å². The molecule has 1 aromatic carbocycles. The molecule has 0 amide bonds. The quantitative estimate of drug-likeness (QED) is 0.817. The van der Waals surface area contributed by atoms with E-state index < -0.39 is 0 Å². The van der Waals surface area contributed by atoms with Crippen LogP contribution in [0.25, 0.3) is 11.3 Å². The first-order chi connectivity index (χ1) is 8.63. The molecule has 0 aliphatic carbocycles. The van der Waals surface area contributed by atoms with Crippen LogP contribution in [0.1, 0.15) is 5.69 Å². The summed E-state index contributed by atoms with van der Waals surface area (Å²) in [5.74, 6) is 1.47. The van der Waals surface area contributed by atoms with Gasteiger partial charge in [0.1, 0.15) is 11.5 Å². The predicted molar refractivity (Wildman–Crippen MR) is 73.0 cm³/mol. The average molecular weight is 309 g/mol. The molecule has 0 N–H and O–H groups in total. The summed E-state index contributed by atoms with van der Waals surface area (Å²) in [5, 5.41) is 0. The fourth-order valence-electron chi connectivity index (χ4n) is 1.68. The lowest BCUT2D eigenvalue weighted by Crippen LogP contribution is -1.94. The highest BCUT2D eigenvalue weighted by molar-refractivity contribution is 9.10. The molecule has 18 heavy (non-hydrogen) atoms. The second-order valence-electron chi connectivity index (χ2n) is 3.73. The number of benzene rings is 1. The molecule has 1 heterocycles. The van der Waals surface area contributed by atoms with Crippen molar-refractivity contribution in [2.75, 3.05) is 14.2 Å². The van der Waals surface area contributed by atoms with Gasteiger partial charge in [-0.15, -0.1) is 0 Å². The average Bonchev–Trinajstić information content (AvgIpc) is 2.36. The van der Waals surface area contributed by atoms with Gasteiger partial charge in [0.2, 0.25) is 0 Å². The van der Waals surface area contributed by atoms with Crippen LogP contribution in [0.5, 0.6) is 11.5 Å². The Balaban J connectivity index is 2.55. The number of hydrogen-bond donors (Lipinski definition) is 0.